The normalized spacial score (nSPS) is 10.5. The van der Waals surface area contributed by atoms with E-state index in [0.717, 1.165) is 19.4 Å². The van der Waals surface area contributed by atoms with E-state index in [1.165, 1.54) is 6.07 Å². The maximum atomic E-state index is 13.7. The number of hydrogen-bond donors (Lipinski definition) is 1. The summed E-state index contributed by atoms with van der Waals surface area (Å²) in [5.74, 6) is 0.919. The second kappa shape index (κ2) is 6.22. The van der Waals surface area contributed by atoms with E-state index >= 15 is 0 Å². The fraction of sp³-hybridized carbons (Fsp3) is 0.357. The van der Waals surface area contributed by atoms with Crippen molar-refractivity contribution in [2.75, 3.05) is 12.4 Å². The summed E-state index contributed by atoms with van der Waals surface area (Å²) in [6.45, 7) is 3.00. The third-order valence-electron chi connectivity index (χ3n) is 2.89. The van der Waals surface area contributed by atoms with Gasteiger partial charge in [-0.2, -0.15) is 0 Å². The van der Waals surface area contributed by atoms with Crippen molar-refractivity contribution in [1.82, 2.24) is 9.55 Å². The van der Waals surface area contributed by atoms with Crippen LogP contribution in [-0.2, 0) is 6.54 Å². The molecule has 1 N–H and O–H groups in total. The lowest BCUT2D eigenvalue weighted by atomic mass is 10.3. The van der Waals surface area contributed by atoms with Gasteiger partial charge in [-0.1, -0.05) is 13.3 Å². The highest BCUT2D eigenvalue weighted by molar-refractivity contribution is 5.57. The molecule has 0 atom stereocenters. The van der Waals surface area contributed by atoms with Crippen LogP contribution in [-0.4, -0.2) is 16.7 Å². The molecule has 19 heavy (non-hydrogen) atoms. The van der Waals surface area contributed by atoms with Crippen LogP contribution in [0.2, 0.25) is 0 Å². The van der Waals surface area contributed by atoms with Crippen molar-refractivity contribution in [3.63, 3.8) is 0 Å². The summed E-state index contributed by atoms with van der Waals surface area (Å²) in [5.41, 5.74) is 0.364. The average molecular weight is 263 g/mol. The Bertz CT molecular complexity index is 539. The molecule has 0 bridgehead atoms. The fourth-order valence-corrected chi connectivity index (χ4v) is 1.79. The van der Waals surface area contributed by atoms with Gasteiger partial charge in [0.1, 0.15) is 11.6 Å². The number of hydrogen-bond acceptors (Lipinski definition) is 3. The molecule has 0 aliphatic carbocycles. The largest absolute Gasteiger partial charge is 0.497 e. The predicted octanol–water partition coefficient (Wildman–Crippen LogP) is 3.57. The molecule has 0 fully saturated rings. The van der Waals surface area contributed by atoms with Crippen molar-refractivity contribution >= 4 is 11.6 Å². The minimum Gasteiger partial charge on any atom is -0.497 e. The summed E-state index contributed by atoms with van der Waals surface area (Å²) in [6.07, 6.45) is 5.75. The number of benzene rings is 1. The zero-order valence-corrected chi connectivity index (χ0v) is 11.2. The van der Waals surface area contributed by atoms with E-state index in [2.05, 4.69) is 17.2 Å². The minimum absolute atomic E-state index is 0.328. The zero-order chi connectivity index (χ0) is 13.7. The first-order valence-electron chi connectivity index (χ1n) is 6.36. The average Bonchev–Trinajstić information content (AvgIpc) is 2.86. The highest BCUT2D eigenvalue weighted by Gasteiger charge is 2.08. The molecule has 0 spiro atoms. The van der Waals surface area contributed by atoms with Crippen LogP contribution in [0.4, 0.5) is 16.0 Å². The molecule has 0 unspecified atom stereocenters. The van der Waals surface area contributed by atoms with Crippen LogP contribution >= 0.6 is 0 Å². The summed E-state index contributed by atoms with van der Waals surface area (Å²) >= 11 is 0. The summed E-state index contributed by atoms with van der Waals surface area (Å²) in [7, 11) is 1.55. The smallest absolute Gasteiger partial charge is 0.207 e. The van der Waals surface area contributed by atoms with E-state index in [4.69, 9.17) is 4.74 Å². The molecule has 0 amide bonds. The number of halogens is 1. The number of ether oxygens (including phenoxy) is 1. The standard InChI is InChI=1S/C14H18FN3O/c1-3-4-8-18-9-7-16-14(18)17-13-10-11(19-2)5-6-12(13)15/h5-7,9-10H,3-4,8H2,1-2H3,(H,16,17). The van der Waals surface area contributed by atoms with Gasteiger partial charge in [0.15, 0.2) is 0 Å². The minimum atomic E-state index is -0.328. The third-order valence-corrected chi connectivity index (χ3v) is 2.89. The molecule has 0 saturated heterocycles. The highest BCUT2D eigenvalue weighted by Crippen LogP contribution is 2.24. The summed E-state index contributed by atoms with van der Waals surface area (Å²) < 4.78 is 20.8. The number of aryl methyl sites for hydroxylation is 1. The van der Waals surface area contributed by atoms with Gasteiger partial charge in [0.25, 0.3) is 0 Å². The zero-order valence-electron chi connectivity index (χ0n) is 11.2. The van der Waals surface area contributed by atoms with Gasteiger partial charge in [0.2, 0.25) is 5.95 Å². The van der Waals surface area contributed by atoms with Crippen LogP contribution in [0.5, 0.6) is 5.75 Å². The molecular weight excluding hydrogens is 245 g/mol. The Hall–Kier alpha value is -2.04. The topological polar surface area (TPSA) is 39.1 Å². The molecule has 102 valence electrons. The summed E-state index contributed by atoms with van der Waals surface area (Å²) in [4.78, 5) is 4.21. The quantitative estimate of drug-likeness (QED) is 0.866. The van der Waals surface area contributed by atoms with Crippen LogP contribution in [0.25, 0.3) is 0 Å². The van der Waals surface area contributed by atoms with Gasteiger partial charge in [-0.25, -0.2) is 9.37 Å². The number of rotatable bonds is 6. The molecule has 0 aliphatic rings. The van der Waals surface area contributed by atoms with Crippen LogP contribution in [0.15, 0.2) is 30.6 Å². The summed E-state index contributed by atoms with van der Waals surface area (Å²) in [5, 5.41) is 3.00. The number of methoxy groups -OCH3 is 1. The molecule has 1 aromatic heterocycles. The van der Waals surface area contributed by atoms with E-state index in [0.29, 0.717) is 17.4 Å². The molecule has 1 heterocycles. The van der Waals surface area contributed by atoms with Gasteiger partial charge < -0.3 is 14.6 Å². The molecule has 5 heteroatoms. The van der Waals surface area contributed by atoms with Crippen molar-refractivity contribution in [2.24, 2.45) is 0 Å². The Kier molecular flexibility index (Phi) is 4.39. The van der Waals surface area contributed by atoms with Crippen LogP contribution in [0, 0.1) is 5.82 Å². The molecule has 0 radical (unpaired) electrons. The Labute approximate surface area is 112 Å². The molecule has 1 aromatic carbocycles. The fourth-order valence-electron chi connectivity index (χ4n) is 1.79. The third kappa shape index (κ3) is 3.24. The Morgan fingerprint density at radius 1 is 1.42 bits per heavy atom. The first kappa shape index (κ1) is 13.4. The van der Waals surface area contributed by atoms with Crippen LogP contribution in [0.3, 0.4) is 0 Å². The predicted molar refractivity (Wildman–Crippen MR) is 73.4 cm³/mol. The Morgan fingerprint density at radius 2 is 2.26 bits per heavy atom. The number of nitrogens with zero attached hydrogens (tertiary/aromatic N) is 2. The van der Waals surface area contributed by atoms with E-state index in [1.54, 1.807) is 25.4 Å². The van der Waals surface area contributed by atoms with Crippen molar-refractivity contribution < 1.29 is 9.13 Å². The van der Waals surface area contributed by atoms with Crippen LogP contribution in [0.1, 0.15) is 19.8 Å². The van der Waals surface area contributed by atoms with Gasteiger partial charge in [-0.3, -0.25) is 0 Å². The highest BCUT2D eigenvalue weighted by atomic mass is 19.1. The van der Waals surface area contributed by atoms with Gasteiger partial charge in [-0.15, -0.1) is 0 Å². The maximum absolute atomic E-state index is 13.7. The molecule has 4 nitrogen and oxygen atoms in total. The lowest BCUT2D eigenvalue weighted by Gasteiger charge is -2.11. The van der Waals surface area contributed by atoms with Crippen molar-refractivity contribution in [2.45, 2.75) is 26.3 Å². The maximum Gasteiger partial charge on any atom is 0.207 e. The second-order valence-corrected chi connectivity index (χ2v) is 4.27. The number of imidazole rings is 1. The second-order valence-electron chi connectivity index (χ2n) is 4.27. The summed E-state index contributed by atoms with van der Waals surface area (Å²) in [6, 6.07) is 4.58. The van der Waals surface area contributed by atoms with Crippen molar-refractivity contribution in [3.05, 3.63) is 36.4 Å². The van der Waals surface area contributed by atoms with E-state index in [-0.39, 0.29) is 5.82 Å². The Morgan fingerprint density at radius 3 is 3.00 bits per heavy atom. The number of unbranched alkanes of at least 4 members (excludes halogenated alkanes) is 1. The Balaban J connectivity index is 2.18. The molecule has 2 rings (SSSR count). The SMILES string of the molecule is CCCCn1ccnc1Nc1cc(OC)ccc1F. The number of aromatic nitrogens is 2. The first-order valence-corrected chi connectivity index (χ1v) is 6.36. The van der Waals surface area contributed by atoms with Crippen molar-refractivity contribution in [3.8, 4) is 5.75 Å². The van der Waals surface area contributed by atoms with Gasteiger partial charge in [0.05, 0.1) is 12.8 Å². The molecule has 0 aliphatic heterocycles. The lowest BCUT2D eigenvalue weighted by Crippen LogP contribution is -2.04. The first-order chi connectivity index (χ1) is 9.24. The monoisotopic (exact) mass is 263 g/mol. The van der Waals surface area contributed by atoms with E-state index in [1.807, 2.05) is 10.8 Å². The number of anilines is 2. The molecular formula is C14H18FN3O. The van der Waals surface area contributed by atoms with Crippen LogP contribution < -0.4 is 10.1 Å². The van der Waals surface area contributed by atoms with Gasteiger partial charge in [-0.05, 0) is 18.6 Å². The van der Waals surface area contributed by atoms with Gasteiger partial charge >= 0.3 is 0 Å². The molecule has 0 saturated carbocycles. The lowest BCUT2D eigenvalue weighted by molar-refractivity contribution is 0.414. The van der Waals surface area contributed by atoms with Gasteiger partial charge in [0, 0.05) is 25.0 Å². The van der Waals surface area contributed by atoms with E-state index in [9.17, 15) is 4.39 Å². The molecule has 2 aromatic rings. The van der Waals surface area contributed by atoms with E-state index < -0.39 is 0 Å². The number of nitrogens with one attached hydrogen (secondary N) is 1. The van der Waals surface area contributed by atoms with Crippen molar-refractivity contribution in [1.29, 1.82) is 0 Å².